The number of nitrogens with zero attached hydrogens (tertiary/aromatic N) is 1. The lowest BCUT2D eigenvalue weighted by molar-refractivity contribution is 0.297. The van der Waals surface area contributed by atoms with Gasteiger partial charge in [0.1, 0.15) is 6.04 Å². The number of rotatable bonds is 2. The highest BCUT2D eigenvalue weighted by Crippen LogP contribution is 2.32. The predicted molar refractivity (Wildman–Crippen MR) is 89.4 cm³/mol. The molecule has 5 heteroatoms. The molecule has 3 N–H and O–H groups in total. The molecule has 1 aromatic carbocycles. The van der Waals surface area contributed by atoms with Crippen LogP contribution in [0.4, 0.5) is 5.69 Å². The second kappa shape index (κ2) is 6.61. The van der Waals surface area contributed by atoms with Gasteiger partial charge < -0.3 is 20.5 Å². The second-order valence-electron chi connectivity index (χ2n) is 6.29. The number of anilines is 1. The summed E-state index contributed by atoms with van der Waals surface area (Å²) in [5.74, 6) is 4.40. The molecule has 118 valence electrons. The Labute approximate surface area is 131 Å². The van der Waals surface area contributed by atoms with Crippen LogP contribution in [0.3, 0.4) is 0 Å². The van der Waals surface area contributed by atoms with Gasteiger partial charge in [-0.25, -0.2) is 4.99 Å². The van der Waals surface area contributed by atoms with Gasteiger partial charge in [-0.05, 0) is 17.5 Å². The molecule has 0 aromatic heterocycles. The lowest BCUT2D eigenvalue weighted by Gasteiger charge is -2.23. The smallest absolute Gasteiger partial charge is 0.194 e. The number of aliphatic imine (C=N–C) groups is 1. The van der Waals surface area contributed by atoms with Crippen molar-refractivity contribution >= 4 is 11.6 Å². The summed E-state index contributed by atoms with van der Waals surface area (Å²) in [6, 6.07) is 5.29. The van der Waals surface area contributed by atoms with Crippen LogP contribution in [0.2, 0.25) is 0 Å². The van der Waals surface area contributed by atoms with Gasteiger partial charge in [-0.15, -0.1) is 6.42 Å². The molecule has 0 radical (unpaired) electrons. The van der Waals surface area contributed by atoms with E-state index in [4.69, 9.17) is 21.6 Å². The van der Waals surface area contributed by atoms with Crippen molar-refractivity contribution in [3.63, 3.8) is 0 Å². The summed E-state index contributed by atoms with van der Waals surface area (Å²) in [6.45, 7) is 7.40. The molecule has 22 heavy (non-hydrogen) atoms. The van der Waals surface area contributed by atoms with Gasteiger partial charge >= 0.3 is 0 Å². The molecule has 1 unspecified atom stereocenters. The first-order valence-corrected chi connectivity index (χ1v) is 7.36. The Kier molecular flexibility index (Phi) is 4.81. The van der Waals surface area contributed by atoms with Crippen LogP contribution in [0.1, 0.15) is 27.2 Å². The molecule has 0 saturated carbocycles. The van der Waals surface area contributed by atoms with E-state index in [0.29, 0.717) is 19.0 Å². The molecular weight excluding hydrogens is 278 g/mol. The first-order valence-electron chi connectivity index (χ1n) is 7.36. The van der Waals surface area contributed by atoms with Gasteiger partial charge in [-0.2, -0.15) is 0 Å². The highest BCUT2D eigenvalue weighted by atomic mass is 16.5. The van der Waals surface area contributed by atoms with E-state index in [1.165, 1.54) is 0 Å². The normalized spacial score (nSPS) is 16.4. The summed E-state index contributed by atoms with van der Waals surface area (Å²) >= 11 is 0. The lowest BCUT2D eigenvalue weighted by Crippen LogP contribution is -2.30. The Bertz CT molecular complexity index is 597. The van der Waals surface area contributed by atoms with Crippen molar-refractivity contribution in [1.82, 2.24) is 0 Å². The number of hydrogen-bond donors (Lipinski definition) is 2. The maximum absolute atomic E-state index is 5.96. The van der Waals surface area contributed by atoms with Crippen LogP contribution >= 0.6 is 0 Å². The fourth-order valence-corrected chi connectivity index (χ4v) is 2.04. The van der Waals surface area contributed by atoms with Crippen LogP contribution in [0.25, 0.3) is 0 Å². The van der Waals surface area contributed by atoms with E-state index in [0.717, 1.165) is 17.9 Å². The van der Waals surface area contributed by atoms with Crippen LogP contribution in [-0.2, 0) is 0 Å². The van der Waals surface area contributed by atoms with Crippen molar-refractivity contribution in [2.75, 3.05) is 18.5 Å². The summed E-state index contributed by atoms with van der Waals surface area (Å²) in [5, 5.41) is 3.05. The third-order valence-electron chi connectivity index (χ3n) is 3.27. The molecule has 0 fully saturated rings. The minimum absolute atomic E-state index is 0.147. The number of nitrogens with two attached hydrogens (primary N) is 1. The van der Waals surface area contributed by atoms with Gasteiger partial charge in [0.2, 0.25) is 0 Å². The largest absolute Gasteiger partial charge is 0.490 e. The van der Waals surface area contributed by atoms with Crippen molar-refractivity contribution in [3.8, 4) is 23.8 Å². The SMILES string of the molecule is C#CC(N=C(N)Nc1ccc2c(c1)OCCCO2)C(C)(C)C. The van der Waals surface area contributed by atoms with Crippen LogP contribution in [-0.4, -0.2) is 25.2 Å². The number of nitrogens with one attached hydrogen (secondary N) is 1. The molecule has 0 spiro atoms. The molecule has 0 saturated heterocycles. The molecule has 0 bridgehead atoms. The van der Waals surface area contributed by atoms with E-state index < -0.39 is 0 Å². The summed E-state index contributed by atoms with van der Waals surface area (Å²) in [6.07, 6.45) is 6.40. The lowest BCUT2D eigenvalue weighted by atomic mass is 9.88. The summed E-state index contributed by atoms with van der Waals surface area (Å²) in [7, 11) is 0. The average Bonchev–Trinajstić information content (AvgIpc) is 2.68. The van der Waals surface area contributed by atoms with E-state index >= 15 is 0 Å². The van der Waals surface area contributed by atoms with Gasteiger partial charge in [0.15, 0.2) is 17.5 Å². The Morgan fingerprint density at radius 2 is 2.00 bits per heavy atom. The third-order valence-corrected chi connectivity index (χ3v) is 3.27. The molecule has 1 aromatic rings. The fraction of sp³-hybridized carbons (Fsp3) is 0.471. The Balaban J connectivity index is 2.13. The van der Waals surface area contributed by atoms with Crippen molar-refractivity contribution < 1.29 is 9.47 Å². The summed E-state index contributed by atoms with van der Waals surface area (Å²) in [5.41, 5.74) is 6.60. The molecule has 0 amide bonds. The van der Waals surface area contributed by atoms with Crippen LogP contribution < -0.4 is 20.5 Å². The van der Waals surface area contributed by atoms with Crippen molar-refractivity contribution in [1.29, 1.82) is 0 Å². The monoisotopic (exact) mass is 301 g/mol. The maximum Gasteiger partial charge on any atom is 0.194 e. The minimum atomic E-state index is -0.291. The van der Waals surface area contributed by atoms with Crippen molar-refractivity contribution in [3.05, 3.63) is 18.2 Å². The van der Waals surface area contributed by atoms with Crippen LogP contribution in [0, 0.1) is 17.8 Å². The summed E-state index contributed by atoms with van der Waals surface area (Å²) in [4.78, 5) is 4.37. The third kappa shape index (κ3) is 4.08. The molecule has 1 aliphatic heterocycles. The molecule has 1 atom stereocenters. The Hall–Kier alpha value is -2.35. The first kappa shape index (κ1) is 16.0. The Morgan fingerprint density at radius 3 is 2.64 bits per heavy atom. The molecule has 1 heterocycles. The second-order valence-corrected chi connectivity index (χ2v) is 6.29. The van der Waals surface area contributed by atoms with Gasteiger partial charge in [0, 0.05) is 18.2 Å². The van der Waals surface area contributed by atoms with Crippen molar-refractivity contribution in [2.45, 2.75) is 33.2 Å². The zero-order valence-corrected chi connectivity index (χ0v) is 13.3. The number of terminal acetylenes is 1. The van der Waals surface area contributed by atoms with Gasteiger partial charge in [-0.1, -0.05) is 26.7 Å². The van der Waals surface area contributed by atoms with Crippen LogP contribution in [0.5, 0.6) is 11.5 Å². The number of guanidine groups is 1. The van der Waals surface area contributed by atoms with Gasteiger partial charge in [0.05, 0.1) is 13.2 Å². The Morgan fingerprint density at radius 1 is 1.32 bits per heavy atom. The average molecular weight is 301 g/mol. The molecule has 0 aliphatic carbocycles. The van der Waals surface area contributed by atoms with E-state index in [9.17, 15) is 0 Å². The highest BCUT2D eigenvalue weighted by molar-refractivity contribution is 5.92. The molecule has 5 nitrogen and oxygen atoms in total. The number of benzene rings is 1. The first-order chi connectivity index (χ1) is 10.4. The summed E-state index contributed by atoms with van der Waals surface area (Å²) < 4.78 is 11.2. The highest BCUT2D eigenvalue weighted by Gasteiger charge is 2.22. The minimum Gasteiger partial charge on any atom is -0.490 e. The van der Waals surface area contributed by atoms with Gasteiger partial charge in [0.25, 0.3) is 0 Å². The zero-order chi connectivity index (χ0) is 16.2. The maximum atomic E-state index is 5.96. The van der Waals surface area contributed by atoms with Crippen LogP contribution in [0.15, 0.2) is 23.2 Å². The van der Waals surface area contributed by atoms with E-state index in [1.54, 1.807) is 0 Å². The molecule has 2 rings (SSSR count). The molecule has 1 aliphatic rings. The van der Waals surface area contributed by atoms with E-state index in [-0.39, 0.29) is 17.4 Å². The standard InChI is InChI=1S/C17H23N3O2/c1-5-15(17(2,3)4)20-16(18)19-12-7-8-13-14(11-12)22-10-6-9-21-13/h1,7-8,11,15H,6,9-10H2,2-4H3,(H3,18,19,20). The van der Waals surface area contributed by atoms with E-state index in [1.807, 2.05) is 39.0 Å². The number of hydrogen-bond acceptors (Lipinski definition) is 3. The van der Waals surface area contributed by atoms with Gasteiger partial charge in [-0.3, -0.25) is 0 Å². The van der Waals surface area contributed by atoms with Crippen molar-refractivity contribution in [2.24, 2.45) is 16.1 Å². The quantitative estimate of drug-likeness (QED) is 0.500. The number of ether oxygens (including phenoxy) is 2. The zero-order valence-electron chi connectivity index (χ0n) is 13.3. The van der Waals surface area contributed by atoms with E-state index in [2.05, 4.69) is 16.2 Å². The topological polar surface area (TPSA) is 68.9 Å². The predicted octanol–water partition coefficient (Wildman–Crippen LogP) is 2.62. The number of fused-ring (bicyclic) bond motifs is 1. The molecular formula is C17H23N3O2. The fourth-order valence-electron chi connectivity index (χ4n) is 2.04.